The van der Waals surface area contributed by atoms with Crippen LogP contribution in [0, 0.1) is 0 Å². The van der Waals surface area contributed by atoms with Gasteiger partial charge >= 0.3 is 7.82 Å². The van der Waals surface area contributed by atoms with E-state index in [0.29, 0.717) is 0 Å². The zero-order chi connectivity index (χ0) is 19.9. The molecule has 0 aromatic heterocycles. The van der Waals surface area contributed by atoms with Crippen LogP contribution in [0.2, 0.25) is 0 Å². The van der Waals surface area contributed by atoms with Gasteiger partial charge in [-0.3, -0.25) is 9.05 Å². The fraction of sp³-hybridized carbons (Fsp3) is 1.00. The highest BCUT2D eigenvalue weighted by Crippen LogP contribution is 2.43. The maximum absolute atomic E-state index is 11.1. The van der Waals surface area contributed by atoms with E-state index in [1.54, 1.807) is 0 Å². The highest BCUT2D eigenvalue weighted by Gasteiger charge is 2.19. The molecule has 0 fully saturated rings. The van der Waals surface area contributed by atoms with E-state index in [2.05, 4.69) is 6.92 Å². The molecule has 0 atom stereocenters. The lowest BCUT2D eigenvalue weighted by atomic mass is 10.1. The molecule has 0 bridgehead atoms. The maximum Gasteiger partial charge on any atom is 0.472 e. The molecule has 0 aromatic rings. The van der Waals surface area contributed by atoms with Crippen molar-refractivity contribution in [2.45, 2.75) is 111 Å². The first-order valence-electron chi connectivity index (χ1n) is 10.9. The van der Waals surface area contributed by atoms with Crippen molar-refractivity contribution in [1.82, 2.24) is 0 Å². The lowest BCUT2D eigenvalue weighted by molar-refractivity contribution is 0.146. The summed E-state index contributed by atoms with van der Waals surface area (Å²) in [5, 5.41) is 0. The average Bonchev–Trinajstić information content (AvgIpc) is 2.61. The summed E-state index contributed by atoms with van der Waals surface area (Å²) >= 11 is 0. The van der Waals surface area contributed by atoms with Crippen molar-refractivity contribution in [2.24, 2.45) is 5.73 Å². The van der Waals surface area contributed by atoms with Crippen LogP contribution in [0.15, 0.2) is 0 Å². The molecule has 0 rings (SSSR count). The first-order chi connectivity index (χ1) is 12.5. The molecular formula is C20H46NO4P. The second kappa shape index (κ2) is 23.1. The molecule has 0 saturated carbocycles. The summed E-state index contributed by atoms with van der Waals surface area (Å²) in [6, 6.07) is 0. The fourth-order valence-corrected chi connectivity index (χ4v) is 3.11. The van der Waals surface area contributed by atoms with Crippen LogP contribution in [0.25, 0.3) is 0 Å². The fourth-order valence-electron chi connectivity index (χ4n) is 2.32. The molecule has 5 nitrogen and oxygen atoms in total. The topological polar surface area (TPSA) is 81.8 Å². The summed E-state index contributed by atoms with van der Waals surface area (Å²) in [5.74, 6) is 0. The zero-order valence-corrected chi connectivity index (χ0v) is 18.6. The van der Waals surface area contributed by atoms with Gasteiger partial charge in [0.15, 0.2) is 0 Å². The Balaban J connectivity index is 0. The third-order valence-corrected chi connectivity index (χ3v) is 5.08. The van der Waals surface area contributed by atoms with Crippen molar-refractivity contribution in [3.63, 3.8) is 0 Å². The number of phosphoric ester groups is 1. The van der Waals surface area contributed by atoms with E-state index in [0.717, 1.165) is 32.2 Å². The van der Waals surface area contributed by atoms with Crippen LogP contribution in [-0.4, -0.2) is 24.7 Å². The lowest BCUT2D eigenvalue weighted by Crippen LogP contribution is -1.98. The van der Waals surface area contributed by atoms with Gasteiger partial charge < -0.3 is 10.6 Å². The smallest absolute Gasteiger partial charge is 0.330 e. The standard InChI is InChI=1S/C12H27N.C8H19O4P/c1-2-3-4-5-6-7-8-9-10-11-12-13;1-3-5-7-11-13(9,10)12-8-6-4-2/h2-13H2,1H3;3-8H2,1-2H3,(H,9,10). The molecule has 0 unspecified atom stereocenters. The monoisotopic (exact) mass is 395 g/mol. The van der Waals surface area contributed by atoms with Crippen molar-refractivity contribution in [3.05, 3.63) is 0 Å². The van der Waals surface area contributed by atoms with Crippen molar-refractivity contribution < 1.29 is 18.5 Å². The molecule has 0 heterocycles. The van der Waals surface area contributed by atoms with Crippen LogP contribution in [0.1, 0.15) is 111 Å². The Morgan fingerprint density at radius 1 is 0.654 bits per heavy atom. The van der Waals surface area contributed by atoms with E-state index in [9.17, 15) is 4.57 Å². The summed E-state index contributed by atoms with van der Waals surface area (Å²) < 4.78 is 20.5. The average molecular weight is 396 g/mol. The maximum atomic E-state index is 11.1. The molecule has 0 aliphatic carbocycles. The number of rotatable bonds is 18. The van der Waals surface area contributed by atoms with Crippen LogP contribution in [0.5, 0.6) is 0 Å². The van der Waals surface area contributed by atoms with Gasteiger partial charge in [-0.1, -0.05) is 91.4 Å². The molecule has 0 saturated heterocycles. The van der Waals surface area contributed by atoms with Crippen molar-refractivity contribution in [1.29, 1.82) is 0 Å². The van der Waals surface area contributed by atoms with Gasteiger partial charge in [-0.15, -0.1) is 0 Å². The summed E-state index contributed by atoms with van der Waals surface area (Å²) in [6.45, 7) is 7.70. The molecule has 0 amide bonds. The highest BCUT2D eigenvalue weighted by atomic mass is 31.2. The summed E-state index contributed by atoms with van der Waals surface area (Å²) in [6.07, 6.45) is 17.4. The Labute approximate surface area is 163 Å². The number of hydrogen-bond acceptors (Lipinski definition) is 4. The van der Waals surface area contributed by atoms with Gasteiger partial charge in [0.25, 0.3) is 0 Å². The van der Waals surface area contributed by atoms with E-state index in [1.807, 2.05) is 13.8 Å². The van der Waals surface area contributed by atoms with E-state index < -0.39 is 7.82 Å². The Bertz CT molecular complexity index is 280. The van der Waals surface area contributed by atoms with Crippen LogP contribution in [0.3, 0.4) is 0 Å². The molecule has 6 heteroatoms. The molecule has 160 valence electrons. The number of unbranched alkanes of at least 4 members (excludes halogenated alkanes) is 11. The van der Waals surface area contributed by atoms with Gasteiger partial charge in [0.05, 0.1) is 13.2 Å². The van der Waals surface area contributed by atoms with Gasteiger partial charge in [-0.25, -0.2) is 4.57 Å². The third kappa shape index (κ3) is 26.3. The lowest BCUT2D eigenvalue weighted by Gasteiger charge is -2.10. The molecule has 0 aliphatic rings. The van der Waals surface area contributed by atoms with Crippen LogP contribution in [0.4, 0.5) is 0 Å². The minimum absolute atomic E-state index is 0.288. The van der Waals surface area contributed by atoms with Gasteiger partial charge in [-0.2, -0.15) is 0 Å². The number of hydrogen-bond donors (Lipinski definition) is 2. The highest BCUT2D eigenvalue weighted by molar-refractivity contribution is 7.47. The van der Waals surface area contributed by atoms with E-state index in [-0.39, 0.29) is 13.2 Å². The number of nitrogens with two attached hydrogens (primary N) is 1. The SMILES string of the molecule is CCCCCCCCCCCCN.CCCCOP(=O)(O)OCCCC. The summed E-state index contributed by atoms with van der Waals surface area (Å²) in [7, 11) is -3.75. The normalized spacial score (nSPS) is 11.3. The Morgan fingerprint density at radius 3 is 1.35 bits per heavy atom. The molecule has 0 aromatic carbocycles. The predicted octanol–water partition coefficient (Wildman–Crippen LogP) is 6.59. The predicted molar refractivity (Wildman–Crippen MR) is 112 cm³/mol. The minimum Gasteiger partial charge on any atom is -0.330 e. The molecular weight excluding hydrogens is 349 g/mol. The molecule has 0 radical (unpaired) electrons. The quantitative estimate of drug-likeness (QED) is 0.202. The van der Waals surface area contributed by atoms with Crippen LogP contribution in [-0.2, 0) is 13.6 Å². The second-order valence-corrected chi connectivity index (χ2v) is 8.27. The summed E-state index contributed by atoms with van der Waals surface area (Å²) in [5.41, 5.74) is 5.42. The number of phosphoric acid groups is 1. The third-order valence-electron chi connectivity index (χ3n) is 4.06. The van der Waals surface area contributed by atoms with Gasteiger partial charge in [-0.05, 0) is 25.8 Å². The van der Waals surface area contributed by atoms with Crippen LogP contribution >= 0.6 is 7.82 Å². The Morgan fingerprint density at radius 2 is 1.00 bits per heavy atom. The van der Waals surface area contributed by atoms with E-state index >= 15 is 0 Å². The van der Waals surface area contributed by atoms with E-state index in [4.69, 9.17) is 19.7 Å². The molecule has 0 spiro atoms. The molecule has 26 heavy (non-hydrogen) atoms. The molecule has 3 N–H and O–H groups in total. The van der Waals surface area contributed by atoms with Crippen molar-refractivity contribution >= 4 is 7.82 Å². The second-order valence-electron chi connectivity index (χ2n) is 6.81. The summed E-state index contributed by atoms with van der Waals surface area (Å²) in [4.78, 5) is 9.08. The first kappa shape index (κ1) is 28.3. The van der Waals surface area contributed by atoms with Gasteiger partial charge in [0, 0.05) is 0 Å². The minimum atomic E-state index is -3.75. The molecule has 0 aliphatic heterocycles. The van der Waals surface area contributed by atoms with Crippen LogP contribution < -0.4 is 5.73 Å². The van der Waals surface area contributed by atoms with Crippen molar-refractivity contribution in [3.8, 4) is 0 Å². The largest absolute Gasteiger partial charge is 0.472 e. The Hall–Kier alpha value is 0.0700. The Kier molecular flexibility index (Phi) is 25.1. The van der Waals surface area contributed by atoms with Gasteiger partial charge in [0.1, 0.15) is 0 Å². The van der Waals surface area contributed by atoms with Gasteiger partial charge in [0.2, 0.25) is 0 Å². The first-order valence-corrected chi connectivity index (χ1v) is 12.4. The van der Waals surface area contributed by atoms with Crippen molar-refractivity contribution in [2.75, 3.05) is 19.8 Å². The van der Waals surface area contributed by atoms with E-state index in [1.165, 1.54) is 64.2 Å². The zero-order valence-electron chi connectivity index (χ0n) is 17.7.